The molecule has 0 atom stereocenters. The molecule has 1 aliphatic heterocycles. The van der Waals surface area contributed by atoms with E-state index in [1.54, 1.807) is 41.5 Å². The maximum atomic E-state index is 13.5. The number of imide groups is 4. The van der Waals surface area contributed by atoms with E-state index in [1.165, 1.54) is 0 Å². The van der Waals surface area contributed by atoms with E-state index in [0.717, 1.165) is 38.3 Å². The largest absolute Gasteiger partial charge is 0.480 e. The molecule has 8 rings (SSSR count). The summed E-state index contributed by atoms with van der Waals surface area (Å²) >= 11 is 12.0. The first kappa shape index (κ1) is 49.0. The second-order valence-electron chi connectivity index (χ2n) is 19.7. The first-order valence-corrected chi connectivity index (χ1v) is 23.4. The van der Waals surface area contributed by atoms with Crippen LogP contribution in [0.3, 0.4) is 0 Å². The van der Waals surface area contributed by atoms with Gasteiger partial charge in [-0.25, -0.2) is 28.9 Å². The molecule has 67 heavy (non-hydrogen) atoms. The summed E-state index contributed by atoms with van der Waals surface area (Å²) in [5.74, 6) is -1.46. The molecule has 0 radical (unpaired) electrons. The molecule has 0 aromatic heterocycles. The number of alkyl carbamates (subject to hydrolysis) is 1. The molecule has 13 nitrogen and oxygen atoms in total. The summed E-state index contributed by atoms with van der Waals surface area (Å²) < 4.78 is 16.3. The Morgan fingerprint density at radius 1 is 0.657 bits per heavy atom. The Hall–Kier alpha value is -5.92. The number of carbonyl (C=O) groups excluding carboxylic acids is 5. The van der Waals surface area contributed by atoms with Crippen LogP contribution in [-0.2, 0) is 23.8 Å². The SMILES string of the molecule is CC(C)(C)OC(=O)N1C(=O)N(C(=O)OC(C)(C)C)C2(CCC(c3ccc(Cl)cc3)CC2)C1=O.O=C(NC1(C(=O)O)CCC(c2ccc(Cl)cc2)CC1)OCC1c2ccccc2-c2ccccc21. The first-order chi connectivity index (χ1) is 31.6. The highest BCUT2D eigenvalue weighted by Gasteiger charge is 2.64. The van der Waals surface area contributed by atoms with E-state index in [1.807, 2.05) is 72.8 Å². The van der Waals surface area contributed by atoms with Crippen molar-refractivity contribution in [3.8, 4) is 11.1 Å². The van der Waals surface area contributed by atoms with Gasteiger partial charge in [-0.3, -0.25) is 4.79 Å². The van der Waals surface area contributed by atoms with Gasteiger partial charge in [0.1, 0.15) is 28.9 Å². The van der Waals surface area contributed by atoms with Crippen LogP contribution in [0, 0.1) is 0 Å². The van der Waals surface area contributed by atoms with Gasteiger partial charge in [-0.15, -0.1) is 0 Å². The minimum absolute atomic E-state index is 0.0698. The number of benzene rings is 4. The Labute approximate surface area is 401 Å². The monoisotopic (exact) mass is 953 g/mol. The van der Waals surface area contributed by atoms with Gasteiger partial charge in [0.2, 0.25) is 0 Å². The average Bonchev–Trinajstić information content (AvgIpc) is 3.70. The Bertz CT molecular complexity index is 2470. The normalized spacial score (nSPS) is 22.6. The summed E-state index contributed by atoms with van der Waals surface area (Å²) in [4.78, 5) is 78.8. The van der Waals surface area contributed by atoms with Gasteiger partial charge in [-0.05, 0) is 162 Å². The Morgan fingerprint density at radius 2 is 1.09 bits per heavy atom. The fraction of sp³-hybridized carbons (Fsp3) is 0.423. The van der Waals surface area contributed by atoms with Crippen molar-refractivity contribution in [2.45, 2.75) is 133 Å². The predicted molar refractivity (Wildman–Crippen MR) is 253 cm³/mol. The van der Waals surface area contributed by atoms with Crippen LogP contribution < -0.4 is 5.32 Å². The van der Waals surface area contributed by atoms with Crippen LogP contribution in [0.4, 0.5) is 19.2 Å². The molecule has 6 amide bonds. The third-order valence-electron chi connectivity index (χ3n) is 13.0. The van der Waals surface area contributed by atoms with Gasteiger partial charge in [-0.1, -0.05) is 96.0 Å². The molecule has 15 heteroatoms. The van der Waals surface area contributed by atoms with Crippen LogP contribution in [0.2, 0.25) is 10.0 Å². The summed E-state index contributed by atoms with van der Waals surface area (Å²) in [7, 11) is 0. The van der Waals surface area contributed by atoms with Crippen molar-refractivity contribution in [1.29, 1.82) is 0 Å². The molecule has 2 saturated carbocycles. The van der Waals surface area contributed by atoms with Crippen molar-refractivity contribution in [2.75, 3.05) is 6.61 Å². The van der Waals surface area contributed by atoms with Crippen molar-refractivity contribution in [2.24, 2.45) is 0 Å². The van der Waals surface area contributed by atoms with E-state index in [2.05, 4.69) is 29.6 Å². The number of carboxylic acids is 1. The Balaban J connectivity index is 0.000000199. The number of carboxylic acid groups (broad SMARTS) is 1. The van der Waals surface area contributed by atoms with E-state index in [9.17, 15) is 33.9 Å². The summed E-state index contributed by atoms with van der Waals surface area (Å²) in [5, 5.41) is 14.0. The zero-order valence-electron chi connectivity index (χ0n) is 38.6. The number of nitrogens with one attached hydrogen (secondary N) is 1. The molecule has 4 aliphatic rings. The number of fused-ring (bicyclic) bond motifs is 3. The number of ether oxygens (including phenoxy) is 3. The van der Waals surface area contributed by atoms with E-state index in [0.29, 0.717) is 53.5 Å². The van der Waals surface area contributed by atoms with Gasteiger partial charge in [-0.2, -0.15) is 4.90 Å². The number of hydrogen-bond acceptors (Lipinski definition) is 9. The van der Waals surface area contributed by atoms with Crippen molar-refractivity contribution in [1.82, 2.24) is 15.1 Å². The van der Waals surface area contributed by atoms with E-state index in [4.69, 9.17) is 37.4 Å². The van der Waals surface area contributed by atoms with Crippen LogP contribution >= 0.6 is 23.2 Å². The maximum absolute atomic E-state index is 13.5. The number of urea groups is 1. The molecule has 0 unspecified atom stereocenters. The maximum Gasteiger partial charge on any atom is 0.425 e. The molecule has 1 saturated heterocycles. The first-order valence-electron chi connectivity index (χ1n) is 22.6. The lowest BCUT2D eigenvalue weighted by Crippen LogP contribution is -2.56. The van der Waals surface area contributed by atoms with Gasteiger partial charge in [0, 0.05) is 16.0 Å². The number of halogens is 2. The summed E-state index contributed by atoms with van der Waals surface area (Å²) in [5.41, 5.74) is 2.14. The Morgan fingerprint density at radius 3 is 1.54 bits per heavy atom. The fourth-order valence-corrected chi connectivity index (χ4v) is 9.96. The highest BCUT2D eigenvalue weighted by Crippen LogP contribution is 2.47. The lowest BCUT2D eigenvalue weighted by molar-refractivity contribution is -0.146. The highest BCUT2D eigenvalue weighted by atomic mass is 35.5. The molecular formula is C52H57Cl2N3O10. The molecule has 4 aromatic carbocycles. The molecule has 4 aromatic rings. The van der Waals surface area contributed by atoms with Gasteiger partial charge in [0.15, 0.2) is 0 Å². The quantitative estimate of drug-likeness (QED) is 0.140. The van der Waals surface area contributed by atoms with Crippen LogP contribution in [-0.4, -0.2) is 80.0 Å². The number of nitrogens with zero attached hydrogens (tertiary/aromatic N) is 2. The van der Waals surface area contributed by atoms with E-state index < -0.39 is 58.5 Å². The van der Waals surface area contributed by atoms with Crippen LogP contribution in [0.1, 0.15) is 133 Å². The lowest BCUT2D eigenvalue weighted by atomic mass is 9.73. The smallest absolute Gasteiger partial charge is 0.425 e. The minimum atomic E-state index is -1.49. The van der Waals surface area contributed by atoms with Crippen LogP contribution in [0.25, 0.3) is 11.1 Å². The van der Waals surface area contributed by atoms with Crippen molar-refractivity contribution in [3.05, 3.63) is 129 Å². The number of carbonyl (C=O) groups is 6. The van der Waals surface area contributed by atoms with Crippen LogP contribution in [0.5, 0.6) is 0 Å². The number of rotatable bonds is 6. The van der Waals surface area contributed by atoms with Crippen molar-refractivity contribution in [3.63, 3.8) is 0 Å². The second-order valence-corrected chi connectivity index (χ2v) is 20.6. The predicted octanol–water partition coefficient (Wildman–Crippen LogP) is 12.2. The number of amides is 6. The highest BCUT2D eigenvalue weighted by molar-refractivity contribution is 6.30. The number of hydrogen-bond donors (Lipinski definition) is 2. The zero-order chi connectivity index (χ0) is 48.5. The van der Waals surface area contributed by atoms with E-state index in [-0.39, 0.29) is 37.2 Å². The van der Waals surface area contributed by atoms with Gasteiger partial charge < -0.3 is 24.6 Å². The third-order valence-corrected chi connectivity index (χ3v) is 13.5. The minimum Gasteiger partial charge on any atom is -0.480 e. The average molecular weight is 955 g/mol. The standard InChI is InChI=1S/C28H26ClNO4.C24H31ClN2O6/c29-20-11-9-18(10-12-20)19-13-15-28(16-14-19,26(31)32)30-27(33)34-17-25-23-7-3-1-5-21(23)22-6-2-4-8-24(22)25;1-22(2,3)32-20(30)26-18(28)24(27(19(26)29)21(31)33-23(4,5)6)13-11-16(12-14-24)15-7-9-17(25)10-8-15/h1-12,19,25H,13-17H2,(H,30,33)(H,31,32);7-10,16H,11-14H2,1-6H3. The van der Waals surface area contributed by atoms with Crippen LogP contribution in [0.15, 0.2) is 97.1 Å². The second kappa shape index (κ2) is 19.4. The van der Waals surface area contributed by atoms with Gasteiger partial charge in [0.05, 0.1) is 0 Å². The zero-order valence-corrected chi connectivity index (χ0v) is 40.1. The molecule has 354 valence electrons. The van der Waals surface area contributed by atoms with Gasteiger partial charge >= 0.3 is 30.3 Å². The number of aliphatic carboxylic acids is 1. The summed E-state index contributed by atoms with van der Waals surface area (Å²) in [6, 6.07) is 30.4. The lowest BCUT2D eigenvalue weighted by Gasteiger charge is -2.40. The Kier molecular flexibility index (Phi) is 14.2. The molecular weight excluding hydrogens is 897 g/mol. The molecule has 3 aliphatic carbocycles. The molecule has 1 heterocycles. The van der Waals surface area contributed by atoms with Crippen molar-refractivity contribution >= 4 is 59.4 Å². The topological polar surface area (TPSA) is 169 Å². The summed E-state index contributed by atoms with van der Waals surface area (Å²) in [6.07, 6.45) is 0.806. The van der Waals surface area contributed by atoms with E-state index >= 15 is 0 Å². The fourth-order valence-electron chi connectivity index (χ4n) is 9.70. The molecule has 0 bridgehead atoms. The summed E-state index contributed by atoms with van der Waals surface area (Å²) in [6.45, 7) is 10.1. The van der Waals surface area contributed by atoms with Crippen molar-refractivity contribution < 1.29 is 48.1 Å². The molecule has 1 spiro atoms. The third kappa shape index (κ3) is 10.6. The molecule has 2 N–H and O–H groups in total. The van der Waals surface area contributed by atoms with Gasteiger partial charge in [0.25, 0.3) is 5.91 Å². The molecule has 3 fully saturated rings.